The highest BCUT2D eigenvalue weighted by Crippen LogP contribution is 2.43. The van der Waals surface area contributed by atoms with E-state index in [-0.39, 0.29) is 23.7 Å². The number of amides is 2. The Labute approximate surface area is 239 Å². The molecule has 1 fully saturated rings. The molecule has 2 unspecified atom stereocenters. The van der Waals surface area contributed by atoms with Gasteiger partial charge < -0.3 is 19.6 Å². The lowest BCUT2D eigenvalue weighted by molar-refractivity contribution is -0.148. The van der Waals surface area contributed by atoms with Crippen molar-refractivity contribution in [3.8, 4) is 0 Å². The number of aliphatic carboxylic acids is 1. The summed E-state index contributed by atoms with van der Waals surface area (Å²) in [6, 6.07) is 19.5. The highest BCUT2D eigenvalue weighted by molar-refractivity contribution is 6.30. The van der Waals surface area contributed by atoms with Crippen molar-refractivity contribution in [1.82, 2.24) is 4.90 Å². The number of carboxylic acids is 1. The molecule has 5 rings (SSSR count). The van der Waals surface area contributed by atoms with Crippen LogP contribution < -0.4 is 4.90 Å². The average molecular weight is 563 g/mol. The monoisotopic (exact) mass is 562 g/mol. The number of likely N-dealkylation sites (tertiary alicyclic amines) is 1. The first-order chi connectivity index (χ1) is 19.0. The molecule has 0 aliphatic carbocycles. The molecule has 1 N–H and O–H groups in total. The summed E-state index contributed by atoms with van der Waals surface area (Å²) >= 11 is 6.51. The minimum Gasteiger partial charge on any atom is -0.481 e. The van der Waals surface area contributed by atoms with E-state index in [1.54, 1.807) is 15.9 Å². The third-order valence-corrected chi connectivity index (χ3v) is 7.93. The molecular formula is C32H35ClN2O5. The predicted molar refractivity (Wildman–Crippen MR) is 155 cm³/mol. The summed E-state index contributed by atoms with van der Waals surface area (Å²) in [5.41, 5.74) is 2.17. The number of anilines is 1. The first kappa shape index (κ1) is 28.1. The van der Waals surface area contributed by atoms with Gasteiger partial charge >= 0.3 is 5.97 Å². The summed E-state index contributed by atoms with van der Waals surface area (Å²) in [7, 11) is 0. The predicted octanol–water partition coefficient (Wildman–Crippen LogP) is 6.07. The number of carbonyl (C=O) groups is 3. The number of hydrogen-bond donors (Lipinski definition) is 1. The summed E-state index contributed by atoms with van der Waals surface area (Å²) in [4.78, 5) is 42.5. The van der Waals surface area contributed by atoms with E-state index in [1.807, 2.05) is 54.6 Å². The molecule has 2 atom stereocenters. The van der Waals surface area contributed by atoms with Gasteiger partial charge in [0.2, 0.25) is 5.91 Å². The molecule has 3 aromatic carbocycles. The number of fused-ring (bicyclic) bond motifs is 2. The molecule has 2 aliphatic heterocycles. The van der Waals surface area contributed by atoms with E-state index >= 15 is 0 Å². The molecule has 1 saturated heterocycles. The van der Waals surface area contributed by atoms with E-state index in [4.69, 9.17) is 16.3 Å². The molecule has 3 aromatic rings. The van der Waals surface area contributed by atoms with E-state index in [9.17, 15) is 19.5 Å². The summed E-state index contributed by atoms with van der Waals surface area (Å²) in [6.45, 7) is 7.33. The highest BCUT2D eigenvalue weighted by atomic mass is 35.5. The molecule has 2 heterocycles. The summed E-state index contributed by atoms with van der Waals surface area (Å²) in [5.74, 6) is -1.76. The Kier molecular flexibility index (Phi) is 7.89. The molecule has 7 nitrogen and oxygen atoms in total. The van der Waals surface area contributed by atoms with Crippen LogP contribution in [0.1, 0.15) is 57.3 Å². The van der Waals surface area contributed by atoms with Crippen LogP contribution in [0, 0.1) is 11.3 Å². The number of carbonyl (C=O) groups excluding carboxylic acids is 2. The van der Waals surface area contributed by atoms with E-state index in [0.717, 1.165) is 27.6 Å². The van der Waals surface area contributed by atoms with E-state index in [1.165, 1.54) is 0 Å². The quantitative estimate of drug-likeness (QED) is 0.407. The lowest BCUT2D eigenvalue weighted by Crippen LogP contribution is -2.47. The minimum absolute atomic E-state index is 0.125. The van der Waals surface area contributed by atoms with Crippen LogP contribution in [0.15, 0.2) is 60.7 Å². The van der Waals surface area contributed by atoms with E-state index in [2.05, 4.69) is 20.8 Å². The van der Waals surface area contributed by atoms with Crippen LogP contribution in [0.3, 0.4) is 0 Å². The Balaban J connectivity index is 1.56. The third-order valence-electron chi connectivity index (χ3n) is 7.70. The number of piperidine rings is 1. The first-order valence-corrected chi connectivity index (χ1v) is 14.1. The Hall–Kier alpha value is -3.42. The molecule has 210 valence electrons. The van der Waals surface area contributed by atoms with Crippen molar-refractivity contribution in [2.45, 2.75) is 52.2 Å². The average Bonchev–Trinajstić information content (AvgIpc) is 3.02. The van der Waals surface area contributed by atoms with Gasteiger partial charge in [0.25, 0.3) is 5.91 Å². The second kappa shape index (κ2) is 11.2. The zero-order valence-corrected chi connectivity index (χ0v) is 23.9. The molecule has 0 spiro atoms. The molecule has 40 heavy (non-hydrogen) atoms. The van der Waals surface area contributed by atoms with Crippen molar-refractivity contribution in [2.75, 3.05) is 24.5 Å². The summed E-state index contributed by atoms with van der Waals surface area (Å²) < 4.78 is 6.67. The zero-order chi connectivity index (χ0) is 28.6. The molecule has 0 saturated carbocycles. The number of benzene rings is 3. The Morgan fingerprint density at radius 3 is 2.40 bits per heavy atom. The van der Waals surface area contributed by atoms with Crippen LogP contribution in [0.2, 0.25) is 5.02 Å². The van der Waals surface area contributed by atoms with Crippen molar-refractivity contribution in [3.05, 3.63) is 76.8 Å². The lowest BCUT2D eigenvalue weighted by atomic mass is 9.93. The van der Waals surface area contributed by atoms with Gasteiger partial charge in [-0.1, -0.05) is 74.8 Å². The van der Waals surface area contributed by atoms with Crippen LogP contribution in [0.4, 0.5) is 5.69 Å². The molecule has 8 heteroatoms. The Bertz CT molecular complexity index is 1440. The van der Waals surface area contributed by atoms with Crippen LogP contribution >= 0.6 is 11.6 Å². The van der Waals surface area contributed by atoms with Gasteiger partial charge in [-0.3, -0.25) is 14.4 Å². The standard InChI is InChI=1S/C32H35ClN2O5/c1-32(2,3)19-35-26-12-11-22(33)17-25(26)29(24-10-6-8-20-7-4-5-9-23(20)24)40-27(30(35)37)18-28(36)34-15-13-21(14-16-34)31(38)39/h4-12,17,21,27,29H,13-16,18-19H2,1-3H3,(H,38,39). The number of carboxylic acid groups (broad SMARTS) is 1. The van der Waals surface area contributed by atoms with Crippen LogP contribution in [0.25, 0.3) is 10.8 Å². The van der Waals surface area contributed by atoms with Crippen molar-refractivity contribution in [3.63, 3.8) is 0 Å². The van der Waals surface area contributed by atoms with Crippen LogP contribution in [-0.4, -0.2) is 53.5 Å². The SMILES string of the molecule is CC(C)(C)CN1C(=O)C(CC(=O)N2CCC(C(=O)O)CC2)OC(c2cccc3ccccc23)c2cc(Cl)ccc21. The third kappa shape index (κ3) is 5.86. The highest BCUT2D eigenvalue weighted by Gasteiger charge is 2.40. The fraction of sp³-hybridized carbons (Fsp3) is 0.406. The van der Waals surface area contributed by atoms with E-state index < -0.39 is 24.1 Å². The lowest BCUT2D eigenvalue weighted by Gasteiger charge is -2.33. The van der Waals surface area contributed by atoms with Gasteiger partial charge in [0.15, 0.2) is 0 Å². The first-order valence-electron chi connectivity index (χ1n) is 13.8. The largest absolute Gasteiger partial charge is 0.481 e. The summed E-state index contributed by atoms with van der Waals surface area (Å²) in [6.07, 6.45) is -0.981. The molecule has 2 aliphatic rings. The van der Waals surface area contributed by atoms with Gasteiger partial charge in [-0.2, -0.15) is 0 Å². The number of ether oxygens (including phenoxy) is 1. The topological polar surface area (TPSA) is 87.2 Å². The molecule has 0 radical (unpaired) electrons. The number of nitrogens with zero attached hydrogens (tertiary/aromatic N) is 2. The molecular weight excluding hydrogens is 528 g/mol. The smallest absolute Gasteiger partial charge is 0.306 e. The minimum atomic E-state index is -1.03. The van der Waals surface area contributed by atoms with Crippen molar-refractivity contribution >= 4 is 45.8 Å². The Morgan fingerprint density at radius 2 is 1.70 bits per heavy atom. The van der Waals surface area contributed by atoms with Crippen molar-refractivity contribution in [2.24, 2.45) is 11.3 Å². The van der Waals surface area contributed by atoms with Gasteiger partial charge in [-0.15, -0.1) is 0 Å². The van der Waals surface area contributed by atoms with Crippen molar-refractivity contribution in [1.29, 1.82) is 0 Å². The zero-order valence-electron chi connectivity index (χ0n) is 23.1. The number of hydrogen-bond acceptors (Lipinski definition) is 4. The van der Waals surface area contributed by atoms with Gasteiger partial charge in [-0.05, 0) is 52.8 Å². The van der Waals surface area contributed by atoms with Gasteiger partial charge in [0, 0.05) is 35.9 Å². The molecule has 2 amide bonds. The normalized spacial score (nSPS) is 20.4. The summed E-state index contributed by atoms with van der Waals surface area (Å²) in [5, 5.41) is 11.9. The van der Waals surface area contributed by atoms with E-state index in [0.29, 0.717) is 37.5 Å². The fourth-order valence-electron chi connectivity index (χ4n) is 5.73. The van der Waals surface area contributed by atoms with Crippen LogP contribution in [0.5, 0.6) is 0 Å². The van der Waals surface area contributed by atoms with Crippen LogP contribution in [-0.2, 0) is 19.1 Å². The maximum atomic E-state index is 14.2. The second-order valence-corrected chi connectivity index (χ2v) is 12.4. The van der Waals surface area contributed by atoms with Crippen molar-refractivity contribution < 1.29 is 24.2 Å². The number of halogens is 1. The Morgan fingerprint density at radius 1 is 1.00 bits per heavy atom. The molecule has 0 bridgehead atoms. The second-order valence-electron chi connectivity index (χ2n) is 12.0. The molecule has 0 aromatic heterocycles. The van der Waals surface area contributed by atoms with Gasteiger partial charge in [0.05, 0.1) is 12.3 Å². The van der Waals surface area contributed by atoms with Gasteiger partial charge in [-0.25, -0.2) is 0 Å². The fourth-order valence-corrected chi connectivity index (χ4v) is 5.91. The van der Waals surface area contributed by atoms with Gasteiger partial charge in [0.1, 0.15) is 12.2 Å². The maximum absolute atomic E-state index is 14.2. The number of rotatable bonds is 5. The maximum Gasteiger partial charge on any atom is 0.306 e.